The topological polar surface area (TPSA) is 53.8 Å². The van der Waals surface area contributed by atoms with E-state index in [-0.39, 0.29) is 5.91 Å². The fraction of sp³-hybridized carbons (Fsp3) is 0.192. The SMILES string of the molecule is Cc1cc2c(cc1C)N=C(c1ccc(Cl)cc1)CC(SCC(=O)NCc1ccccc1)=N2. The van der Waals surface area contributed by atoms with E-state index in [9.17, 15) is 4.79 Å². The summed E-state index contributed by atoms with van der Waals surface area (Å²) >= 11 is 7.54. The number of carbonyl (C=O) groups excluding carboxylic acids is 1. The maximum atomic E-state index is 12.4. The van der Waals surface area contributed by atoms with Crippen molar-refractivity contribution < 1.29 is 4.79 Å². The second kappa shape index (κ2) is 10.2. The van der Waals surface area contributed by atoms with Gasteiger partial charge in [0.25, 0.3) is 0 Å². The second-order valence-corrected chi connectivity index (χ2v) is 9.21. The molecule has 1 aliphatic rings. The Morgan fingerprint density at radius 1 is 0.969 bits per heavy atom. The first kappa shape index (κ1) is 22.3. The van der Waals surface area contributed by atoms with Crippen LogP contribution < -0.4 is 5.32 Å². The van der Waals surface area contributed by atoms with Crippen LogP contribution >= 0.6 is 23.4 Å². The number of aliphatic imine (C=N–C) groups is 2. The summed E-state index contributed by atoms with van der Waals surface area (Å²) in [5.41, 5.74) is 7.03. The van der Waals surface area contributed by atoms with Gasteiger partial charge in [0, 0.05) is 18.0 Å². The number of benzene rings is 3. The predicted molar refractivity (Wildman–Crippen MR) is 136 cm³/mol. The van der Waals surface area contributed by atoms with Gasteiger partial charge in [-0.1, -0.05) is 54.1 Å². The largest absolute Gasteiger partial charge is 0.351 e. The number of thioether (sulfide) groups is 1. The number of halogens is 1. The van der Waals surface area contributed by atoms with E-state index in [1.807, 2.05) is 54.6 Å². The van der Waals surface area contributed by atoms with E-state index >= 15 is 0 Å². The van der Waals surface area contributed by atoms with E-state index in [1.165, 1.54) is 22.9 Å². The molecule has 0 fully saturated rings. The van der Waals surface area contributed by atoms with E-state index in [0.29, 0.717) is 23.7 Å². The minimum atomic E-state index is -0.0175. The van der Waals surface area contributed by atoms with Gasteiger partial charge >= 0.3 is 0 Å². The second-order valence-electron chi connectivity index (χ2n) is 7.72. The number of hydrogen-bond acceptors (Lipinski definition) is 4. The van der Waals surface area contributed by atoms with Crippen LogP contribution in [0.5, 0.6) is 0 Å². The van der Waals surface area contributed by atoms with Crippen LogP contribution in [-0.4, -0.2) is 22.4 Å². The van der Waals surface area contributed by atoms with E-state index in [2.05, 4.69) is 31.3 Å². The van der Waals surface area contributed by atoms with Gasteiger partial charge in [-0.25, -0.2) is 4.99 Å². The Labute approximate surface area is 197 Å². The first-order valence-electron chi connectivity index (χ1n) is 10.4. The van der Waals surface area contributed by atoms with Crippen LogP contribution in [-0.2, 0) is 11.3 Å². The summed E-state index contributed by atoms with van der Waals surface area (Å²) in [5, 5.41) is 4.54. The summed E-state index contributed by atoms with van der Waals surface area (Å²) in [4.78, 5) is 22.3. The molecule has 1 N–H and O–H groups in total. The molecule has 0 bridgehead atoms. The Bertz CT molecular complexity index is 1190. The summed E-state index contributed by atoms with van der Waals surface area (Å²) < 4.78 is 0. The Balaban J connectivity index is 1.53. The van der Waals surface area contributed by atoms with Crippen LogP contribution in [0.15, 0.2) is 76.7 Å². The molecule has 0 saturated heterocycles. The molecule has 1 aliphatic heterocycles. The third-order valence-electron chi connectivity index (χ3n) is 5.29. The number of nitrogens with one attached hydrogen (secondary N) is 1. The van der Waals surface area contributed by atoms with E-state index in [4.69, 9.17) is 21.6 Å². The number of carbonyl (C=O) groups is 1. The summed E-state index contributed by atoms with van der Waals surface area (Å²) in [7, 11) is 0. The van der Waals surface area contributed by atoms with Gasteiger partial charge in [0.1, 0.15) is 0 Å². The summed E-state index contributed by atoms with van der Waals surface area (Å²) in [6, 6.07) is 21.7. The number of fused-ring (bicyclic) bond motifs is 1. The first-order chi connectivity index (χ1) is 15.5. The van der Waals surface area contributed by atoms with Crippen molar-refractivity contribution in [2.24, 2.45) is 9.98 Å². The maximum absolute atomic E-state index is 12.4. The van der Waals surface area contributed by atoms with Gasteiger partial charge in [-0.3, -0.25) is 9.79 Å². The van der Waals surface area contributed by atoms with Gasteiger partial charge in [-0.05, 0) is 60.4 Å². The first-order valence-corrected chi connectivity index (χ1v) is 11.8. The van der Waals surface area contributed by atoms with Crippen molar-refractivity contribution >= 4 is 51.4 Å². The molecule has 0 aromatic heterocycles. The van der Waals surface area contributed by atoms with Crippen LogP contribution in [0.2, 0.25) is 5.02 Å². The van der Waals surface area contributed by atoms with E-state index < -0.39 is 0 Å². The van der Waals surface area contributed by atoms with Crippen molar-refractivity contribution in [1.82, 2.24) is 5.32 Å². The molecule has 4 nitrogen and oxygen atoms in total. The Morgan fingerprint density at radius 2 is 1.62 bits per heavy atom. The third kappa shape index (κ3) is 5.67. The molecule has 0 unspecified atom stereocenters. The molecule has 0 saturated carbocycles. The third-order valence-corrected chi connectivity index (χ3v) is 6.52. The highest BCUT2D eigenvalue weighted by molar-refractivity contribution is 8.14. The van der Waals surface area contributed by atoms with Crippen LogP contribution in [0.4, 0.5) is 11.4 Å². The van der Waals surface area contributed by atoms with Gasteiger partial charge in [-0.15, -0.1) is 11.8 Å². The number of hydrogen-bond donors (Lipinski definition) is 1. The Kier molecular flexibility index (Phi) is 7.08. The highest BCUT2D eigenvalue weighted by Gasteiger charge is 2.17. The van der Waals surface area contributed by atoms with Gasteiger partial charge in [0.15, 0.2) is 0 Å². The number of nitrogens with zero attached hydrogens (tertiary/aromatic N) is 2. The molecule has 4 rings (SSSR count). The number of aryl methyl sites for hydroxylation is 2. The molecule has 0 atom stereocenters. The molecule has 1 heterocycles. The lowest BCUT2D eigenvalue weighted by Gasteiger charge is -2.08. The Morgan fingerprint density at radius 3 is 2.31 bits per heavy atom. The number of rotatable bonds is 5. The van der Waals surface area contributed by atoms with Crippen molar-refractivity contribution in [2.45, 2.75) is 26.8 Å². The van der Waals surface area contributed by atoms with Gasteiger partial charge in [-0.2, -0.15) is 0 Å². The zero-order valence-electron chi connectivity index (χ0n) is 18.1. The quantitative estimate of drug-likeness (QED) is 0.467. The summed E-state index contributed by atoms with van der Waals surface area (Å²) in [6.07, 6.45) is 0.561. The lowest BCUT2D eigenvalue weighted by atomic mass is 10.1. The molecule has 3 aromatic rings. The van der Waals surface area contributed by atoms with Crippen molar-refractivity contribution in [3.63, 3.8) is 0 Å². The highest BCUT2D eigenvalue weighted by Crippen LogP contribution is 2.36. The van der Waals surface area contributed by atoms with Gasteiger partial charge < -0.3 is 5.32 Å². The van der Waals surface area contributed by atoms with Gasteiger partial charge in [0.05, 0.1) is 27.9 Å². The fourth-order valence-electron chi connectivity index (χ4n) is 3.36. The summed E-state index contributed by atoms with van der Waals surface area (Å²) in [6.45, 7) is 4.67. The molecule has 162 valence electrons. The molecule has 0 radical (unpaired) electrons. The van der Waals surface area contributed by atoms with Crippen molar-refractivity contribution in [3.8, 4) is 0 Å². The van der Waals surface area contributed by atoms with Crippen LogP contribution in [0, 0.1) is 13.8 Å². The van der Waals surface area contributed by atoms with Crippen LogP contribution in [0.3, 0.4) is 0 Å². The monoisotopic (exact) mass is 461 g/mol. The average Bonchev–Trinajstić information content (AvgIpc) is 2.97. The molecule has 1 amide bonds. The molecule has 3 aromatic carbocycles. The zero-order valence-corrected chi connectivity index (χ0v) is 19.6. The number of amides is 1. The Hall–Kier alpha value is -2.89. The lowest BCUT2D eigenvalue weighted by molar-refractivity contribution is -0.118. The maximum Gasteiger partial charge on any atom is 0.230 e. The smallest absolute Gasteiger partial charge is 0.230 e. The molecule has 0 spiro atoms. The van der Waals surface area contributed by atoms with Crippen LogP contribution in [0.1, 0.15) is 28.7 Å². The molecule has 0 aliphatic carbocycles. The highest BCUT2D eigenvalue weighted by atomic mass is 35.5. The minimum Gasteiger partial charge on any atom is -0.351 e. The van der Waals surface area contributed by atoms with Crippen molar-refractivity contribution in [1.29, 1.82) is 0 Å². The van der Waals surface area contributed by atoms with E-state index in [1.54, 1.807) is 0 Å². The standard InChI is InChI=1S/C26H24ClN3OS/c1-17-12-23-24(13-18(17)2)30-26(14-22(29-23)20-8-10-21(27)11-9-20)32-16-25(31)28-15-19-6-4-3-5-7-19/h3-13H,14-16H2,1-2H3,(H,28,31). The molecule has 6 heteroatoms. The van der Waals surface area contributed by atoms with Gasteiger partial charge in [0.2, 0.25) is 5.91 Å². The van der Waals surface area contributed by atoms with Crippen molar-refractivity contribution in [3.05, 3.63) is 94.0 Å². The normalized spacial score (nSPS) is 13.0. The molecular formula is C26H24ClN3OS. The summed E-state index contributed by atoms with van der Waals surface area (Å²) in [5.74, 6) is 0.288. The molecular weight excluding hydrogens is 438 g/mol. The predicted octanol–water partition coefficient (Wildman–Crippen LogP) is 6.56. The van der Waals surface area contributed by atoms with E-state index in [0.717, 1.165) is 33.3 Å². The van der Waals surface area contributed by atoms with Crippen molar-refractivity contribution in [2.75, 3.05) is 5.75 Å². The lowest BCUT2D eigenvalue weighted by Crippen LogP contribution is -2.25. The average molecular weight is 462 g/mol. The minimum absolute atomic E-state index is 0.0175. The molecule has 32 heavy (non-hydrogen) atoms. The zero-order chi connectivity index (χ0) is 22.5. The van der Waals surface area contributed by atoms with Crippen LogP contribution in [0.25, 0.3) is 0 Å². The fourth-order valence-corrected chi connectivity index (χ4v) is 4.28.